The second kappa shape index (κ2) is 15.6. The predicted octanol–water partition coefficient (Wildman–Crippen LogP) is 5.28. The molecule has 1 rings (SSSR count). The van der Waals surface area contributed by atoms with E-state index in [2.05, 4.69) is 26.3 Å². The highest BCUT2D eigenvalue weighted by Crippen LogP contribution is 2.31. The van der Waals surface area contributed by atoms with Gasteiger partial charge in [0.05, 0.1) is 0 Å². The maximum absolute atomic E-state index is 11.8. The van der Waals surface area contributed by atoms with E-state index < -0.39 is 17.9 Å². The molecule has 0 saturated carbocycles. The van der Waals surface area contributed by atoms with Crippen molar-refractivity contribution < 1.29 is 38.1 Å². The van der Waals surface area contributed by atoms with Gasteiger partial charge in [0.2, 0.25) is 0 Å². The van der Waals surface area contributed by atoms with Crippen LogP contribution in [0.25, 0.3) is 5.57 Å². The van der Waals surface area contributed by atoms with Gasteiger partial charge in [0.1, 0.15) is 32.2 Å². The lowest BCUT2D eigenvalue weighted by Crippen LogP contribution is -2.14. The number of carbonyl (C=O) groups excluding carboxylic acids is 3. The van der Waals surface area contributed by atoms with E-state index in [-0.39, 0.29) is 37.6 Å². The van der Waals surface area contributed by atoms with Crippen LogP contribution in [-0.4, -0.2) is 44.3 Å². The van der Waals surface area contributed by atoms with Crippen molar-refractivity contribution in [3.63, 3.8) is 0 Å². The maximum Gasteiger partial charge on any atom is 0.338 e. The molecule has 1 aromatic carbocycles. The standard InChI is InChI=1S/C29H34O8/c1-9-24(37-29(32)21(6)7)12-10-22(8)23-11-13-25(33-14-16-35-27(30)19(2)3)26(18-23)34-15-17-36-28(31)20(4)5/h9-13,18H,2,4,6,8,14-17H2,1,3,5,7H3/b12-10-,24-9+. The summed E-state index contributed by atoms with van der Waals surface area (Å²) in [5.41, 5.74) is 2.17. The Kier molecular flexibility index (Phi) is 13.0. The summed E-state index contributed by atoms with van der Waals surface area (Å²) in [4.78, 5) is 34.9. The molecule has 8 nitrogen and oxygen atoms in total. The molecule has 0 heterocycles. The van der Waals surface area contributed by atoms with Crippen LogP contribution in [0.3, 0.4) is 0 Å². The topological polar surface area (TPSA) is 97.4 Å². The Morgan fingerprint density at radius 3 is 1.73 bits per heavy atom. The van der Waals surface area contributed by atoms with E-state index in [0.717, 1.165) is 0 Å². The summed E-state index contributed by atoms with van der Waals surface area (Å²) in [5.74, 6) is -0.450. The second-order valence-corrected chi connectivity index (χ2v) is 7.91. The fourth-order valence-electron chi connectivity index (χ4n) is 2.42. The van der Waals surface area contributed by atoms with Crippen LogP contribution in [0.15, 0.2) is 85.2 Å². The highest BCUT2D eigenvalue weighted by atomic mass is 16.6. The molecule has 0 amide bonds. The van der Waals surface area contributed by atoms with E-state index in [1.807, 2.05) is 0 Å². The predicted molar refractivity (Wildman–Crippen MR) is 142 cm³/mol. The first-order chi connectivity index (χ1) is 17.5. The summed E-state index contributed by atoms with van der Waals surface area (Å²) in [6, 6.07) is 5.16. The molecule has 0 aliphatic rings. The van der Waals surface area contributed by atoms with Crippen LogP contribution in [0, 0.1) is 0 Å². The van der Waals surface area contributed by atoms with E-state index >= 15 is 0 Å². The number of rotatable bonds is 15. The van der Waals surface area contributed by atoms with Crippen LogP contribution in [-0.2, 0) is 28.6 Å². The number of carbonyl (C=O) groups is 3. The normalized spacial score (nSPS) is 10.9. The molecule has 0 aliphatic heterocycles. The zero-order valence-electron chi connectivity index (χ0n) is 21.9. The van der Waals surface area contributed by atoms with Gasteiger partial charge in [-0.05, 0) is 63.1 Å². The molecule has 37 heavy (non-hydrogen) atoms. The number of esters is 3. The molecule has 0 atom stereocenters. The molecular formula is C29H34O8. The second-order valence-electron chi connectivity index (χ2n) is 7.91. The van der Waals surface area contributed by atoms with E-state index in [4.69, 9.17) is 23.7 Å². The zero-order valence-corrected chi connectivity index (χ0v) is 21.9. The van der Waals surface area contributed by atoms with Gasteiger partial charge in [-0.25, -0.2) is 14.4 Å². The number of hydrogen-bond donors (Lipinski definition) is 0. The summed E-state index contributed by atoms with van der Waals surface area (Å²) in [6.07, 6.45) is 4.94. The number of allylic oxidation sites excluding steroid dienone is 4. The third-order valence-corrected chi connectivity index (χ3v) is 4.45. The van der Waals surface area contributed by atoms with Gasteiger partial charge in [0, 0.05) is 16.7 Å². The molecule has 0 aromatic heterocycles. The van der Waals surface area contributed by atoms with Crippen molar-refractivity contribution in [2.75, 3.05) is 26.4 Å². The fraction of sp³-hybridized carbons (Fsp3) is 0.276. The van der Waals surface area contributed by atoms with Crippen molar-refractivity contribution in [3.05, 3.63) is 90.8 Å². The van der Waals surface area contributed by atoms with Crippen LogP contribution < -0.4 is 9.47 Å². The van der Waals surface area contributed by atoms with E-state index in [9.17, 15) is 14.4 Å². The Hall–Kier alpha value is -4.33. The van der Waals surface area contributed by atoms with Crippen molar-refractivity contribution in [1.29, 1.82) is 0 Å². The van der Waals surface area contributed by atoms with Crippen LogP contribution in [0.4, 0.5) is 0 Å². The molecule has 0 spiro atoms. The first kappa shape index (κ1) is 30.7. The minimum absolute atomic E-state index is 0.00514. The lowest BCUT2D eigenvalue weighted by Gasteiger charge is -2.15. The minimum Gasteiger partial charge on any atom is -0.486 e. The lowest BCUT2D eigenvalue weighted by atomic mass is 10.1. The molecule has 0 saturated heterocycles. The molecule has 0 aliphatic carbocycles. The molecule has 0 unspecified atom stereocenters. The Labute approximate surface area is 218 Å². The fourth-order valence-corrected chi connectivity index (χ4v) is 2.42. The van der Waals surface area contributed by atoms with Crippen LogP contribution in [0.5, 0.6) is 11.5 Å². The van der Waals surface area contributed by atoms with Gasteiger partial charge in [-0.3, -0.25) is 0 Å². The van der Waals surface area contributed by atoms with Crippen LogP contribution in [0.1, 0.15) is 33.3 Å². The smallest absolute Gasteiger partial charge is 0.338 e. The first-order valence-electron chi connectivity index (χ1n) is 11.4. The highest BCUT2D eigenvalue weighted by Gasteiger charge is 2.11. The third-order valence-electron chi connectivity index (χ3n) is 4.45. The lowest BCUT2D eigenvalue weighted by molar-refractivity contribution is -0.140. The zero-order chi connectivity index (χ0) is 28.0. The van der Waals surface area contributed by atoms with Crippen molar-refractivity contribution in [1.82, 2.24) is 0 Å². The van der Waals surface area contributed by atoms with Gasteiger partial charge in [-0.1, -0.05) is 38.5 Å². The average molecular weight is 511 g/mol. The van der Waals surface area contributed by atoms with Gasteiger partial charge in [-0.2, -0.15) is 0 Å². The van der Waals surface area contributed by atoms with E-state index in [0.29, 0.717) is 34.0 Å². The largest absolute Gasteiger partial charge is 0.486 e. The molecule has 0 radical (unpaired) electrons. The van der Waals surface area contributed by atoms with Gasteiger partial charge in [-0.15, -0.1) is 0 Å². The third kappa shape index (κ3) is 11.3. The molecular weight excluding hydrogens is 476 g/mol. The number of ether oxygens (including phenoxy) is 5. The van der Waals surface area contributed by atoms with E-state index in [1.165, 1.54) is 0 Å². The van der Waals surface area contributed by atoms with Crippen LogP contribution in [0.2, 0.25) is 0 Å². The molecule has 0 bridgehead atoms. The van der Waals surface area contributed by atoms with Crippen molar-refractivity contribution in [2.45, 2.75) is 27.7 Å². The van der Waals surface area contributed by atoms with Gasteiger partial charge in [0.15, 0.2) is 11.5 Å². The monoisotopic (exact) mass is 510 g/mol. The summed E-state index contributed by atoms with van der Waals surface area (Å²) in [6.45, 7) is 21.3. The van der Waals surface area contributed by atoms with Crippen molar-refractivity contribution in [3.8, 4) is 11.5 Å². The average Bonchev–Trinajstić information content (AvgIpc) is 2.86. The molecule has 0 fully saturated rings. The number of benzene rings is 1. The van der Waals surface area contributed by atoms with Gasteiger partial charge in [0.25, 0.3) is 0 Å². The van der Waals surface area contributed by atoms with Gasteiger partial charge < -0.3 is 23.7 Å². The maximum atomic E-state index is 11.8. The Bertz CT molecular complexity index is 1120. The molecule has 198 valence electrons. The first-order valence-corrected chi connectivity index (χ1v) is 11.4. The quantitative estimate of drug-likeness (QED) is 0.0786. The Morgan fingerprint density at radius 2 is 1.24 bits per heavy atom. The minimum atomic E-state index is -0.526. The number of hydrogen-bond acceptors (Lipinski definition) is 8. The van der Waals surface area contributed by atoms with Crippen LogP contribution >= 0.6 is 0 Å². The summed E-state index contributed by atoms with van der Waals surface area (Å²) < 4.78 is 26.9. The summed E-state index contributed by atoms with van der Waals surface area (Å²) in [7, 11) is 0. The highest BCUT2D eigenvalue weighted by molar-refractivity contribution is 5.88. The van der Waals surface area contributed by atoms with Crippen molar-refractivity contribution >= 4 is 23.5 Å². The molecule has 8 heteroatoms. The summed E-state index contributed by atoms with van der Waals surface area (Å²) >= 11 is 0. The molecule has 1 aromatic rings. The Morgan fingerprint density at radius 1 is 0.730 bits per heavy atom. The summed E-state index contributed by atoms with van der Waals surface area (Å²) in [5, 5.41) is 0. The SMILES string of the molecule is C=C(C)C(=O)OCCOc1ccc(C(=C)/C=C\C(=C/C)OC(=O)C(=C)C)cc1OCCOC(=O)C(=C)C. The Balaban J connectivity index is 2.98. The molecule has 0 N–H and O–H groups in total. The van der Waals surface area contributed by atoms with Crippen molar-refractivity contribution in [2.24, 2.45) is 0 Å². The van der Waals surface area contributed by atoms with Gasteiger partial charge >= 0.3 is 17.9 Å². The van der Waals surface area contributed by atoms with E-state index in [1.54, 1.807) is 64.1 Å².